The molecule has 0 bridgehead atoms. The van der Waals surface area contributed by atoms with Crippen LogP contribution in [0.5, 0.6) is 0 Å². The van der Waals surface area contributed by atoms with Gasteiger partial charge in [0.2, 0.25) is 0 Å². The van der Waals surface area contributed by atoms with Gasteiger partial charge in [-0.05, 0) is 47.2 Å². The zero-order chi connectivity index (χ0) is 13.1. The van der Waals surface area contributed by atoms with Crippen LogP contribution in [0.3, 0.4) is 0 Å². The molecule has 1 aromatic rings. The van der Waals surface area contributed by atoms with E-state index in [0.29, 0.717) is 17.0 Å². The predicted molar refractivity (Wildman–Crippen MR) is 77.4 cm³/mol. The average molecular weight is 387 g/mol. The first-order valence-corrected chi connectivity index (χ1v) is 8.47. The maximum Gasteiger partial charge on any atom is 0.164 e. The van der Waals surface area contributed by atoms with E-state index in [1.54, 1.807) is 18.2 Å². The van der Waals surface area contributed by atoms with Crippen LogP contribution in [0, 0.1) is 3.57 Å². The van der Waals surface area contributed by atoms with Crippen LogP contribution in [0.25, 0.3) is 0 Å². The van der Waals surface area contributed by atoms with Crippen molar-refractivity contribution in [2.75, 3.05) is 12.0 Å². The zero-order valence-electron chi connectivity index (χ0n) is 9.24. The van der Waals surface area contributed by atoms with Crippen LogP contribution >= 0.6 is 34.2 Å². The molecule has 17 heavy (non-hydrogen) atoms. The minimum Gasteiger partial charge on any atom is -0.294 e. The third kappa shape index (κ3) is 5.35. The fourth-order valence-electron chi connectivity index (χ4n) is 1.34. The molecular weight excluding hydrogens is 375 g/mol. The number of halogens is 2. The van der Waals surface area contributed by atoms with Gasteiger partial charge in [0.05, 0.1) is 5.75 Å². The number of sulfone groups is 1. The van der Waals surface area contributed by atoms with Crippen molar-refractivity contribution in [2.24, 2.45) is 0 Å². The van der Waals surface area contributed by atoms with Crippen molar-refractivity contribution in [3.63, 3.8) is 0 Å². The summed E-state index contributed by atoms with van der Waals surface area (Å²) in [6.07, 6.45) is 1.74. The Balaban J connectivity index is 2.67. The largest absolute Gasteiger partial charge is 0.294 e. The molecule has 0 amide bonds. The lowest BCUT2D eigenvalue weighted by atomic mass is 10.1. The molecule has 0 N–H and O–H groups in total. The number of hydrogen-bond donors (Lipinski definition) is 0. The number of carbonyl (C=O) groups is 1. The van der Waals surface area contributed by atoms with Crippen LogP contribution in [-0.2, 0) is 9.84 Å². The molecule has 0 radical (unpaired) electrons. The summed E-state index contributed by atoms with van der Waals surface area (Å²) in [6.45, 7) is 0. The Morgan fingerprint density at radius 3 is 2.65 bits per heavy atom. The van der Waals surface area contributed by atoms with E-state index in [-0.39, 0.29) is 18.0 Å². The Bertz CT molecular complexity index is 526. The summed E-state index contributed by atoms with van der Waals surface area (Å²) in [4.78, 5) is 11.8. The Morgan fingerprint density at radius 2 is 2.06 bits per heavy atom. The van der Waals surface area contributed by atoms with Crippen molar-refractivity contribution in [1.82, 2.24) is 0 Å². The van der Waals surface area contributed by atoms with Gasteiger partial charge in [-0.1, -0.05) is 11.6 Å². The number of hydrogen-bond acceptors (Lipinski definition) is 3. The molecule has 0 aliphatic heterocycles. The molecule has 1 rings (SSSR count). The van der Waals surface area contributed by atoms with Crippen LogP contribution in [0.1, 0.15) is 23.2 Å². The first-order valence-electron chi connectivity index (χ1n) is 4.95. The normalized spacial score (nSPS) is 11.5. The molecular formula is C11H12ClIO3S. The fraction of sp³-hybridized carbons (Fsp3) is 0.364. The van der Waals surface area contributed by atoms with E-state index in [4.69, 9.17) is 11.6 Å². The number of carbonyl (C=O) groups excluding carboxylic acids is 1. The molecule has 0 spiro atoms. The van der Waals surface area contributed by atoms with Gasteiger partial charge in [0.25, 0.3) is 0 Å². The first-order chi connectivity index (χ1) is 7.79. The maximum absolute atomic E-state index is 11.8. The van der Waals surface area contributed by atoms with E-state index < -0.39 is 9.84 Å². The van der Waals surface area contributed by atoms with Crippen LogP contribution in [0.4, 0.5) is 0 Å². The Hall–Kier alpha value is -0.140. The Labute approximate surface area is 120 Å². The van der Waals surface area contributed by atoms with E-state index in [1.807, 2.05) is 0 Å². The van der Waals surface area contributed by atoms with Gasteiger partial charge in [0.1, 0.15) is 9.84 Å². The monoisotopic (exact) mass is 386 g/mol. The quantitative estimate of drug-likeness (QED) is 0.577. The summed E-state index contributed by atoms with van der Waals surface area (Å²) in [6, 6.07) is 5.11. The Morgan fingerprint density at radius 1 is 1.41 bits per heavy atom. The zero-order valence-corrected chi connectivity index (χ0v) is 13.0. The third-order valence-corrected chi connectivity index (χ3v) is 4.35. The lowest BCUT2D eigenvalue weighted by Gasteiger charge is -2.04. The van der Waals surface area contributed by atoms with E-state index in [1.165, 1.54) is 6.26 Å². The number of ketones is 1. The van der Waals surface area contributed by atoms with Crippen LogP contribution < -0.4 is 0 Å². The Kier molecular flexibility index (Phi) is 5.40. The van der Waals surface area contributed by atoms with E-state index >= 15 is 0 Å². The van der Waals surface area contributed by atoms with Crippen molar-refractivity contribution >= 4 is 49.8 Å². The van der Waals surface area contributed by atoms with Crippen molar-refractivity contribution in [3.05, 3.63) is 32.4 Å². The van der Waals surface area contributed by atoms with Crippen molar-refractivity contribution < 1.29 is 13.2 Å². The molecule has 0 fully saturated rings. The van der Waals surface area contributed by atoms with Crippen LogP contribution in [-0.4, -0.2) is 26.2 Å². The highest BCUT2D eigenvalue weighted by molar-refractivity contribution is 14.1. The molecule has 0 unspecified atom stereocenters. The summed E-state index contributed by atoms with van der Waals surface area (Å²) >= 11 is 7.88. The highest BCUT2D eigenvalue weighted by Crippen LogP contribution is 2.19. The molecule has 0 heterocycles. The molecule has 0 saturated carbocycles. The standard InChI is InChI=1S/C11H12ClIO3S/c1-17(15,16)6-2-3-11(14)9-7-8(12)4-5-10(9)13/h4-5,7H,2-3,6H2,1H3. The molecule has 0 saturated heterocycles. The SMILES string of the molecule is CS(=O)(=O)CCCC(=O)c1cc(Cl)ccc1I. The molecule has 0 aliphatic carbocycles. The van der Waals surface area contributed by atoms with Crippen LogP contribution in [0.2, 0.25) is 5.02 Å². The molecule has 1 aromatic carbocycles. The van der Waals surface area contributed by atoms with E-state index in [0.717, 1.165) is 3.57 Å². The molecule has 94 valence electrons. The second-order valence-corrected chi connectivity index (χ2v) is 7.64. The summed E-state index contributed by atoms with van der Waals surface area (Å²) in [5.41, 5.74) is 0.562. The number of Topliss-reactive ketones (excluding diaryl/α,β-unsaturated/α-hetero) is 1. The van der Waals surface area contributed by atoms with Gasteiger partial charge < -0.3 is 0 Å². The topological polar surface area (TPSA) is 51.2 Å². The van der Waals surface area contributed by atoms with Crippen molar-refractivity contribution in [3.8, 4) is 0 Å². The molecule has 0 aliphatic rings. The van der Waals surface area contributed by atoms with Gasteiger partial charge in [-0.25, -0.2) is 8.42 Å². The second kappa shape index (κ2) is 6.15. The van der Waals surface area contributed by atoms with Crippen molar-refractivity contribution in [1.29, 1.82) is 0 Å². The van der Waals surface area contributed by atoms with Crippen molar-refractivity contribution in [2.45, 2.75) is 12.8 Å². The number of rotatable bonds is 5. The van der Waals surface area contributed by atoms with Gasteiger partial charge in [-0.15, -0.1) is 0 Å². The maximum atomic E-state index is 11.8. The third-order valence-electron chi connectivity index (χ3n) is 2.15. The van der Waals surface area contributed by atoms with Gasteiger partial charge >= 0.3 is 0 Å². The highest BCUT2D eigenvalue weighted by Gasteiger charge is 2.11. The smallest absolute Gasteiger partial charge is 0.164 e. The van der Waals surface area contributed by atoms with Crippen LogP contribution in [0.15, 0.2) is 18.2 Å². The second-order valence-electron chi connectivity index (χ2n) is 3.78. The first kappa shape index (κ1) is 14.9. The minimum atomic E-state index is -3.00. The van der Waals surface area contributed by atoms with Gasteiger partial charge in [0.15, 0.2) is 5.78 Å². The average Bonchev–Trinajstić information content (AvgIpc) is 2.19. The molecule has 0 aromatic heterocycles. The van der Waals surface area contributed by atoms with Gasteiger partial charge in [-0.3, -0.25) is 4.79 Å². The molecule has 6 heteroatoms. The van der Waals surface area contributed by atoms with E-state index in [2.05, 4.69) is 22.6 Å². The highest BCUT2D eigenvalue weighted by atomic mass is 127. The fourth-order valence-corrected chi connectivity index (χ4v) is 2.82. The van der Waals surface area contributed by atoms with E-state index in [9.17, 15) is 13.2 Å². The summed E-state index contributed by atoms with van der Waals surface area (Å²) in [5.74, 6) is -0.0314. The van der Waals surface area contributed by atoms with Gasteiger partial charge in [0, 0.05) is 26.8 Å². The predicted octanol–water partition coefficient (Wildman–Crippen LogP) is 2.95. The summed E-state index contributed by atoms with van der Waals surface area (Å²) in [5, 5.41) is 0.511. The lowest BCUT2D eigenvalue weighted by Crippen LogP contribution is -2.07. The minimum absolute atomic E-state index is 0.0376. The summed E-state index contributed by atoms with van der Waals surface area (Å²) < 4.78 is 22.7. The lowest BCUT2D eigenvalue weighted by molar-refractivity contribution is 0.0981. The molecule has 0 atom stereocenters. The number of benzene rings is 1. The summed E-state index contributed by atoms with van der Waals surface area (Å²) in [7, 11) is -3.00. The van der Waals surface area contributed by atoms with Gasteiger partial charge in [-0.2, -0.15) is 0 Å². The molecule has 3 nitrogen and oxygen atoms in total.